The number of rotatable bonds is 3. The van der Waals surface area contributed by atoms with E-state index < -0.39 is 6.17 Å². The summed E-state index contributed by atoms with van der Waals surface area (Å²) in [6, 6.07) is 0. The maximum Gasteiger partial charge on any atom is 0.225 e. The minimum Gasteiger partial charge on any atom is -0.377 e. The quantitative estimate of drug-likeness (QED) is 0.781. The van der Waals surface area contributed by atoms with Gasteiger partial charge in [-0.3, -0.25) is 9.59 Å². The van der Waals surface area contributed by atoms with Crippen molar-refractivity contribution in [2.45, 2.75) is 57.2 Å². The molecule has 4 aliphatic rings. The molecule has 2 amide bonds. The van der Waals surface area contributed by atoms with Crippen LogP contribution in [0.3, 0.4) is 0 Å². The van der Waals surface area contributed by atoms with Crippen molar-refractivity contribution in [3.05, 3.63) is 0 Å². The highest BCUT2D eigenvalue weighted by Crippen LogP contribution is 2.38. The Morgan fingerprint density at radius 1 is 1.04 bits per heavy atom. The predicted octanol–water partition coefficient (Wildman–Crippen LogP) is 2.00. The molecule has 3 aliphatic heterocycles. The molecular formula is C19H29FN2O3. The molecule has 140 valence electrons. The van der Waals surface area contributed by atoms with Crippen LogP contribution in [-0.2, 0) is 14.3 Å². The van der Waals surface area contributed by atoms with Crippen LogP contribution in [-0.4, -0.2) is 66.7 Å². The Labute approximate surface area is 148 Å². The summed E-state index contributed by atoms with van der Waals surface area (Å²) < 4.78 is 19.0. The van der Waals surface area contributed by atoms with Gasteiger partial charge in [0.25, 0.3) is 0 Å². The molecule has 1 aliphatic carbocycles. The zero-order chi connectivity index (χ0) is 17.4. The summed E-state index contributed by atoms with van der Waals surface area (Å²) in [5, 5.41) is 0. The third kappa shape index (κ3) is 3.55. The largest absolute Gasteiger partial charge is 0.377 e. The zero-order valence-electron chi connectivity index (χ0n) is 14.9. The summed E-state index contributed by atoms with van der Waals surface area (Å²) in [5.41, 5.74) is 0. The van der Waals surface area contributed by atoms with Crippen molar-refractivity contribution in [3.63, 3.8) is 0 Å². The Balaban J connectivity index is 1.28. The molecule has 4 rings (SSSR count). The number of carbonyl (C=O) groups is 2. The van der Waals surface area contributed by atoms with Gasteiger partial charge in [0.2, 0.25) is 11.8 Å². The smallest absolute Gasteiger partial charge is 0.225 e. The van der Waals surface area contributed by atoms with Crippen molar-refractivity contribution < 1.29 is 18.7 Å². The van der Waals surface area contributed by atoms with Crippen LogP contribution in [0.5, 0.6) is 0 Å². The molecule has 4 fully saturated rings. The number of likely N-dealkylation sites (tertiary alicyclic amines) is 2. The number of halogens is 1. The number of amides is 2. The average molecular weight is 352 g/mol. The van der Waals surface area contributed by atoms with E-state index in [1.165, 1.54) is 6.42 Å². The minimum absolute atomic E-state index is 0.00982. The van der Waals surface area contributed by atoms with Crippen LogP contribution in [0, 0.1) is 17.8 Å². The summed E-state index contributed by atoms with van der Waals surface area (Å²) in [4.78, 5) is 28.9. The molecule has 0 aromatic heterocycles. The van der Waals surface area contributed by atoms with Gasteiger partial charge in [-0.2, -0.15) is 0 Å². The van der Waals surface area contributed by atoms with Gasteiger partial charge in [-0.25, -0.2) is 4.39 Å². The van der Waals surface area contributed by atoms with E-state index in [-0.39, 0.29) is 23.8 Å². The Kier molecular flexibility index (Phi) is 4.98. The maximum absolute atomic E-state index is 13.0. The molecule has 5 nitrogen and oxygen atoms in total. The van der Waals surface area contributed by atoms with Gasteiger partial charge in [0.05, 0.1) is 19.1 Å². The first kappa shape index (κ1) is 17.3. The molecule has 0 N–H and O–H groups in total. The van der Waals surface area contributed by atoms with Gasteiger partial charge in [-0.1, -0.05) is 0 Å². The molecule has 1 saturated carbocycles. The molecular weight excluding hydrogens is 323 g/mol. The molecule has 0 unspecified atom stereocenters. The number of fused-ring (bicyclic) bond motifs is 1. The van der Waals surface area contributed by atoms with Crippen LogP contribution in [0.2, 0.25) is 0 Å². The Morgan fingerprint density at radius 2 is 1.80 bits per heavy atom. The Hall–Kier alpha value is -1.17. The van der Waals surface area contributed by atoms with E-state index in [2.05, 4.69) is 0 Å². The second-order valence-electron chi connectivity index (χ2n) is 8.28. The monoisotopic (exact) mass is 352 g/mol. The lowest BCUT2D eigenvalue weighted by Crippen LogP contribution is -2.49. The summed E-state index contributed by atoms with van der Waals surface area (Å²) in [6.45, 7) is 3.86. The van der Waals surface area contributed by atoms with E-state index in [0.717, 1.165) is 38.9 Å². The minimum atomic E-state index is -0.786. The first-order valence-electron chi connectivity index (χ1n) is 9.94. The second-order valence-corrected chi connectivity index (χ2v) is 8.28. The molecule has 3 atom stereocenters. The van der Waals surface area contributed by atoms with Crippen LogP contribution in [0.25, 0.3) is 0 Å². The van der Waals surface area contributed by atoms with Crippen molar-refractivity contribution in [3.8, 4) is 0 Å². The molecule has 25 heavy (non-hydrogen) atoms. The number of ether oxygens (including phenoxy) is 1. The molecule has 0 radical (unpaired) electrons. The number of alkyl halides is 1. The van der Waals surface area contributed by atoms with Gasteiger partial charge < -0.3 is 14.5 Å². The Bertz CT molecular complexity index is 517. The maximum atomic E-state index is 13.0. The predicted molar refractivity (Wildman–Crippen MR) is 90.6 cm³/mol. The van der Waals surface area contributed by atoms with Gasteiger partial charge in [0.1, 0.15) is 6.17 Å². The topological polar surface area (TPSA) is 49.9 Å². The molecule has 3 heterocycles. The lowest BCUT2D eigenvalue weighted by molar-refractivity contribution is -0.143. The normalized spacial score (nSPS) is 38.2. The third-order valence-corrected chi connectivity index (χ3v) is 6.62. The van der Waals surface area contributed by atoms with E-state index in [0.29, 0.717) is 44.2 Å². The highest BCUT2D eigenvalue weighted by atomic mass is 19.1. The molecule has 0 bridgehead atoms. The highest BCUT2D eigenvalue weighted by Gasteiger charge is 2.45. The van der Waals surface area contributed by atoms with E-state index >= 15 is 0 Å². The summed E-state index contributed by atoms with van der Waals surface area (Å²) in [7, 11) is 0. The van der Waals surface area contributed by atoms with E-state index in [9.17, 15) is 14.0 Å². The fourth-order valence-corrected chi connectivity index (χ4v) is 4.95. The molecule has 6 heteroatoms. The van der Waals surface area contributed by atoms with Crippen molar-refractivity contribution in [2.24, 2.45) is 17.8 Å². The number of piperidine rings is 2. The van der Waals surface area contributed by atoms with Crippen LogP contribution >= 0.6 is 0 Å². The molecule has 0 spiro atoms. The standard InChI is InChI=1S/C19H29FN2O3/c20-15-8-13(9-15)19(24)22-7-4-16-14(11-22)12-25-17(16)10-18(23)21-5-2-1-3-6-21/h13-17H,1-12H2/t13?,14-,15?,16-,17+/m1/s1. The van der Waals surface area contributed by atoms with Crippen LogP contribution in [0.4, 0.5) is 4.39 Å². The van der Waals surface area contributed by atoms with Crippen LogP contribution < -0.4 is 0 Å². The van der Waals surface area contributed by atoms with Gasteiger partial charge >= 0.3 is 0 Å². The Morgan fingerprint density at radius 3 is 2.52 bits per heavy atom. The lowest BCUT2D eigenvalue weighted by atomic mass is 9.79. The molecule has 3 saturated heterocycles. The number of hydrogen-bond donors (Lipinski definition) is 0. The molecule has 0 aromatic rings. The molecule has 0 aromatic carbocycles. The van der Waals surface area contributed by atoms with Crippen molar-refractivity contribution in [1.29, 1.82) is 0 Å². The van der Waals surface area contributed by atoms with Crippen molar-refractivity contribution >= 4 is 11.8 Å². The van der Waals surface area contributed by atoms with Crippen molar-refractivity contribution in [1.82, 2.24) is 9.80 Å². The van der Waals surface area contributed by atoms with Gasteiger partial charge in [0, 0.05) is 38.0 Å². The number of nitrogens with zero attached hydrogens (tertiary/aromatic N) is 2. The first-order chi connectivity index (χ1) is 12.1. The first-order valence-corrected chi connectivity index (χ1v) is 9.94. The highest BCUT2D eigenvalue weighted by molar-refractivity contribution is 5.80. The van der Waals surface area contributed by atoms with Gasteiger partial charge in [-0.05, 0) is 44.4 Å². The zero-order valence-corrected chi connectivity index (χ0v) is 14.9. The van der Waals surface area contributed by atoms with Crippen LogP contribution in [0.1, 0.15) is 44.9 Å². The second kappa shape index (κ2) is 7.22. The van der Waals surface area contributed by atoms with Gasteiger partial charge in [0.15, 0.2) is 0 Å². The van der Waals surface area contributed by atoms with E-state index in [4.69, 9.17) is 4.74 Å². The van der Waals surface area contributed by atoms with Crippen molar-refractivity contribution in [2.75, 3.05) is 32.8 Å². The summed E-state index contributed by atoms with van der Waals surface area (Å²) >= 11 is 0. The summed E-state index contributed by atoms with van der Waals surface area (Å²) in [6.07, 6.45) is 4.86. The van der Waals surface area contributed by atoms with E-state index in [1.807, 2.05) is 9.80 Å². The van der Waals surface area contributed by atoms with E-state index in [1.54, 1.807) is 0 Å². The fourth-order valence-electron chi connectivity index (χ4n) is 4.95. The lowest BCUT2D eigenvalue weighted by Gasteiger charge is -2.40. The SMILES string of the molecule is O=C(C[C@@H]1OC[C@H]2CN(C(=O)C3CC(F)C3)CC[C@H]21)N1CCCCC1. The number of hydrogen-bond acceptors (Lipinski definition) is 3. The fraction of sp³-hybridized carbons (Fsp3) is 0.895. The van der Waals surface area contributed by atoms with Crippen LogP contribution in [0.15, 0.2) is 0 Å². The summed E-state index contributed by atoms with van der Waals surface area (Å²) in [5.74, 6) is 0.962. The average Bonchev–Trinajstić information content (AvgIpc) is 3.01. The number of carbonyl (C=O) groups excluding carboxylic acids is 2. The third-order valence-electron chi connectivity index (χ3n) is 6.62. The van der Waals surface area contributed by atoms with Gasteiger partial charge in [-0.15, -0.1) is 0 Å².